The fourth-order valence-electron chi connectivity index (χ4n) is 2.52. The van der Waals surface area contributed by atoms with E-state index in [4.69, 9.17) is 0 Å². The van der Waals surface area contributed by atoms with Gasteiger partial charge in [0.15, 0.2) is 0 Å². The van der Waals surface area contributed by atoms with Gasteiger partial charge in [0.1, 0.15) is 0 Å². The molecule has 1 aliphatic rings. The lowest BCUT2D eigenvalue weighted by Crippen LogP contribution is -2.30. The van der Waals surface area contributed by atoms with E-state index in [1.165, 1.54) is 0 Å². The second kappa shape index (κ2) is 4.58. The smallest absolute Gasteiger partial charge is 0.309 e. The van der Waals surface area contributed by atoms with Gasteiger partial charge in [-0.2, -0.15) is 0 Å². The van der Waals surface area contributed by atoms with Crippen molar-refractivity contribution in [1.29, 1.82) is 0 Å². The van der Waals surface area contributed by atoms with Gasteiger partial charge in [0.2, 0.25) is 0 Å². The molecule has 0 spiro atoms. The van der Waals surface area contributed by atoms with Crippen LogP contribution in [0.25, 0.3) is 0 Å². The summed E-state index contributed by atoms with van der Waals surface area (Å²) in [6, 6.07) is 7.90. The predicted molar refractivity (Wildman–Crippen MR) is 66.4 cm³/mol. The van der Waals surface area contributed by atoms with Crippen molar-refractivity contribution in [3.8, 4) is 0 Å². The molecule has 86 valence electrons. The van der Waals surface area contributed by atoms with Crippen molar-refractivity contribution < 1.29 is 9.90 Å². The van der Waals surface area contributed by atoms with Crippen molar-refractivity contribution in [2.75, 3.05) is 0 Å². The molecule has 2 nitrogen and oxygen atoms in total. The van der Waals surface area contributed by atoms with Crippen LogP contribution in [-0.2, 0) is 11.2 Å². The second-order valence-electron chi connectivity index (χ2n) is 4.56. The Balaban J connectivity index is 2.25. The fourth-order valence-corrected chi connectivity index (χ4v) is 2.95. The molecule has 1 aliphatic carbocycles. The van der Waals surface area contributed by atoms with Crippen molar-refractivity contribution in [3.05, 3.63) is 34.3 Å². The minimum absolute atomic E-state index is 0.524. The van der Waals surface area contributed by atoms with Gasteiger partial charge in [-0.05, 0) is 30.9 Å². The molecule has 16 heavy (non-hydrogen) atoms. The van der Waals surface area contributed by atoms with Crippen molar-refractivity contribution in [2.24, 2.45) is 5.41 Å². The van der Waals surface area contributed by atoms with Crippen LogP contribution >= 0.6 is 15.9 Å². The molecule has 3 heteroatoms. The van der Waals surface area contributed by atoms with Gasteiger partial charge in [-0.25, -0.2) is 0 Å². The van der Waals surface area contributed by atoms with E-state index in [1.54, 1.807) is 0 Å². The van der Waals surface area contributed by atoms with Gasteiger partial charge >= 0.3 is 5.97 Å². The van der Waals surface area contributed by atoms with Crippen molar-refractivity contribution in [2.45, 2.75) is 32.1 Å². The van der Waals surface area contributed by atoms with Crippen LogP contribution in [-0.4, -0.2) is 11.1 Å². The zero-order valence-corrected chi connectivity index (χ0v) is 10.7. The molecule has 0 bridgehead atoms. The summed E-state index contributed by atoms with van der Waals surface area (Å²) in [5, 5.41) is 9.40. The summed E-state index contributed by atoms with van der Waals surface area (Å²) in [5.74, 6) is -0.638. The summed E-state index contributed by atoms with van der Waals surface area (Å²) in [5.41, 5.74) is 0.580. The maximum absolute atomic E-state index is 11.4. The van der Waals surface area contributed by atoms with Crippen molar-refractivity contribution in [1.82, 2.24) is 0 Å². The SMILES string of the molecule is O=C(O)C1(Cc2ccccc2Br)CCCC1. The summed E-state index contributed by atoms with van der Waals surface area (Å²) in [7, 11) is 0. The van der Waals surface area contributed by atoms with Gasteiger partial charge in [0.25, 0.3) is 0 Å². The molecular formula is C13H15BrO2. The third-order valence-electron chi connectivity index (χ3n) is 3.50. The molecule has 0 aromatic heterocycles. The Morgan fingerprint density at radius 1 is 1.31 bits per heavy atom. The van der Waals surface area contributed by atoms with Gasteiger partial charge in [0.05, 0.1) is 5.41 Å². The number of carbonyl (C=O) groups is 1. The molecule has 1 aromatic carbocycles. The molecule has 1 aromatic rings. The quantitative estimate of drug-likeness (QED) is 0.919. The lowest BCUT2D eigenvalue weighted by Gasteiger charge is -2.24. The third-order valence-corrected chi connectivity index (χ3v) is 4.27. The average Bonchev–Trinajstić information content (AvgIpc) is 2.71. The number of rotatable bonds is 3. The van der Waals surface area contributed by atoms with Crippen LogP contribution < -0.4 is 0 Å². The van der Waals surface area contributed by atoms with E-state index in [9.17, 15) is 9.90 Å². The number of carboxylic acids is 1. The maximum Gasteiger partial charge on any atom is 0.309 e. The predicted octanol–water partition coefficient (Wildman–Crippen LogP) is 3.64. The molecule has 2 rings (SSSR count). The Hall–Kier alpha value is -0.830. The molecule has 0 amide bonds. The first-order chi connectivity index (χ1) is 7.64. The highest BCUT2D eigenvalue weighted by molar-refractivity contribution is 9.10. The van der Waals surface area contributed by atoms with E-state index >= 15 is 0 Å². The zero-order valence-electron chi connectivity index (χ0n) is 9.08. The van der Waals surface area contributed by atoms with Crippen LogP contribution in [0.15, 0.2) is 28.7 Å². The summed E-state index contributed by atoms with van der Waals surface area (Å²) in [6.07, 6.45) is 4.34. The molecule has 0 heterocycles. The largest absolute Gasteiger partial charge is 0.481 e. The second-order valence-corrected chi connectivity index (χ2v) is 5.42. The van der Waals surface area contributed by atoms with E-state index in [-0.39, 0.29) is 0 Å². The first-order valence-corrected chi connectivity index (χ1v) is 6.40. The van der Waals surface area contributed by atoms with Crippen LogP contribution in [0.1, 0.15) is 31.2 Å². The minimum Gasteiger partial charge on any atom is -0.481 e. The molecule has 0 atom stereocenters. The van der Waals surface area contributed by atoms with Gasteiger partial charge < -0.3 is 5.11 Å². The molecule has 0 unspecified atom stereocenters. The number of carboxylic acid groups (broad SMARTS) is 1. The fraction of sp³-hybridized carbons (Fsp3) is 0.462. The lowest BCUT2D eigenvalue weighted by molar-refractivity contribution is -0.148. The Morgan fingerprint density at radius 2 is 1.94 bits per heavy atom. The molecule has 1 N–H and O–H groups in total. The van der Waals surface area contributed by atoms with Crippen molar-refractivity contribution in [3.63, 3.8) is 0 Å². The molecule has 1 saturated carbocycles. The summed E-state index contributed by atoms with van der Waals surface area (Å²) in [4.78, 5) is 11.4. The molecule has 0 saturated heterocycles. The van der Waals surface area contributed by atoms with Crippen LogP contribution in [0, 0.1) is 5.41 Å². The number of halogens is 1. The van der Waals surface area contributed by atoms with Gasteiger partial charge in [-0.15, -0.1) is 0 Å². The monoisotopic (exact) mass is 282 g/mol. The van der Waals surface area contributed by atoms with Crippen LogP contribution in [0.5, 0.6) is 0 Å². The molecule has 1 fully saturated rings. The average molecular weight is 283 g/mol. The number of hydrogen-bond donors (Lipinski definition) is 1. The van der Waals surface area contributed by atoms with Crippen LogP contribution in [0.4, 0.5) is 0 Å². The summed E-state index contributed by atoms with van der Waals surface area (Å²) < 4.78 is 1.02. The number of aliphatic carboxylic acids is 1. The zero-order chi connectivity index (χ0) is 11.6. The lowest BCUT2D eigenvalue weighted by atomic mass is 9.80. The third kappa shape index (κ3) is 2.14. The Kier molecular flexibility index (Phi) is 3.33. The maximum atomic E-state index is 11.4. The van der Waals surface area contributed by atoms with E-state index in [2.05, 4.69) is 15.9 Å². The normalized spacial score (nSPS) is 18.6. The van der Waals surface area contributed by atoms with Gasteiger partial charge in [-0.1, -0.05) is 47.0 Å². The van der Waals surface area contributed by atoms with E-state index < -0.39 is 11.4 Å². The highest BCUT2D eigenvalue weighted by atomic mass is 79.9. The van der Waals surface area contributed by atoms with E-state index in [0.717, 1.165) is 35.7 Å². The van der Waals surface area contributed by atoms with Gasteiger partial charge in [-0.3, -0.25) is 4.79 Å². The first-order valence-electron chi connectivity index (χ1n) is 5.61. The number of hydrogen-bond acceptors (Lipinski definition) is 1. The Labute approximate surface area is 104 Å². The molecule has 0 radical (unpaired) electrons. The topological polar surface area (TPSA) is 37.3 Å². The minimum atomic E-state index is -0.638. The van der Waals surface area contributed by atoms with Gasteiger partial charge in [0, 0.05) is 4.47 Å². The van der Waals surface area contributed by atoms with E-state index in [0.29, 0.717) is 6.42 Å². The van der Waals surface area contributed by atoms with Crippen LogP contribution in [0.3, 0.4) is 0 Å². The highest BCUT2D eigenvalue weighted by Gasteiger charge is 2.41. The van der Waals surface area contributed by atoms with Crippen LogP contribution in [0.2, 0.25) is 0 Å². The number of benzene rings is 1. The molecular weight excluding hydrogens is 268 g/mol. The van der Waals surface area contributed by atoms with E-state index in [1.807, 2.05) is 24.3 Å². The standard InChI is InChI=1S/C13H15BrO2/c14-11-6-2-1-5-10(11)9-13(12(15)16)7-3-4-8-13/h1-2,5-6H,3-4,7-9H2,(H,15,16). The first kappa shape index (κ1) is 11.6. The highest BCUT2D eigenvalue weighted by Crippen LogP contribution is 2.42. The Bertz CT molecular complexity index is 395. The Morgan fingerprint density at radius 3 is 2.50 bits per heavy atom. The summed E-state index contributed by atoms with van der Waals surface area (Å²) >= 11 is 3.48. The van der Waals surface area contributed by atoms with Crippen molar-refractivity contribution >= 4 is 21.9 Å². The molecule has 0 aliphatic heterocycles. The summed E-state index contributed by atoms with van der Waals surface area (Å²) in [6.45, 7) is 0.